The molecule has 0 aliphatic carbocycles. The zero-order valence-corrected chi connectivity index (χ0v) is 12.3. The summed E-state index contributed by atoms with van der Waals surface area (Å²) in [6.07, 6.45) is 0. The highest BCUT2D eigenvalue weighted by Gasteiger charge is 2.18. The Morgan fingerprint density at radius 1 is 1.47 bits per heavy atom. The molecule has 1 atom stereocenters. The molecule has 6 heteroatoms. The van der Waals surface area contributed by atoms with E-state index in [1.807, 2.05) is 40.0 Å². The minimum absolute atomic E-state index is 0.0107. The Morgan fingerprint density at radius 3 is 2.68 bits per heavy atom. The first kappa shape index (κ1) is 13.6. The Morgan fingerprint density at radius 2 is 2.16 bits per heavy atom. The third-order valence-electron chi connectivity index (χ3n) is 3.01. The van der Waals surface area contributed by atoms with Gasteiger partial charge < -0.3 is 15.5 Å². The molecule has 0 radical (unpaired) electrons. The van der Waals surface area contributed by atoms with Crippen LogP contribution in [0.25, 0.3) is 0 Å². The largest absolute Gasteiger partial charge is 0.464 e. The molecule has 0 bridgehead atoms. The van der Waals surface area contributed by atoms with Gasteiger partial charge in [0, 0.05) is 7.05 Å². The van der Waals surface area contributed by atoms with Gasteiger partial charge in [-0.3, -0.25) is 4.68 Å². The van der Waals surface area contributed by atoms with Crippen LogP contribution in [0.3, 0.4) is 0 Å². The van der Waals surface area contributed by atoms with E-state index in [0.717, 1.165) is 28.6 Å². The Hall–Kier alpha value is -1.82. The summed E-state index contributed by atoms with van der Waals surface area (Å²) >= 11 is 5.09. The number of hydrogen-bond acceptors (Lipinski definition) is 4. The van der Waals surface area contributed by atoms with Crippen LogP contribution in [0.4, 0.5) is 5.82 Å². The van der Waals surface area contributed by atoms with Crippen LogP contribution in [0.2, 0.25) is 0 Å². The van der Waals surface area contributed by atoms with Crippen molar-refractivity contribution in [3.8, 4) is 0 Å². The normalized spacial score (nSPS) is 12.4. The van der Waals surface area contributed by atoms with Gasteiger partial charge in [0.25, 0.3) is 0 Å². The lowest BCUT2D eigenvalue weighted by Gasteiger charge is -2.14. The Balaban J connectivity index is 2.31. The van der Waals surface area contributed by atoms with Gasteiger partial charge in [-0.1, -0.05) is 12.2 Å². The van der Waals surface area contributed by atoms with Crippen molar-refractivity contribution in [3.05, 3.63) is 34.9 Å². The first-order valence-electron chi connectivity index (χ1n) is 6.06. The van der Waals surface area contributed by atoms with Gasteiger partial charge in [-0.25, -0.2) is 0 Å². The van der Waals surface area contributed by atoms with E-state index in [2.05, 4.69) is 10.4 Å². The van der Waals surface area contributed by atoms with Crippen molar-refractivity contribution in [2.45, 2.75) is 26.8 Å². The van der Waals surface area contributed by atoms with Crippen LogP contribution in [-0.2, 0) is 7.05 Å². The number of aryl methyl sites for hydroxylation is 3. The van der Waals surface area contributed by atoms with Crippen molar-refractivity contribution in [2.75, 3.05) is 5.32 Å². The zero-order chi connectivity index (χ0) is 14.2. The molecule has 0 fully saturated rings. The first-order chi connectivity index (χ1) is 8.90. The molecule has 0 spiro atoms. The minimum Gasteiger partial charge on any atom is -0.464 e. The molecular formula is C13H18N4OS. The van der Waals surface area contributed by atoms with Gasteiger partial charge in [-0.15, -0.1) is 0 Å². The smallest absolute Gasteiger partial charge is 0.135 e. The summed E-state index contributed by atoms with van der Waals surface area (Å²) in [6, 6.07) is 3.91. The summed E-state index contributed by atoms with van der Waals surface area (Å²) in [6.45, 7) is 5.83. The molecule has 2 heterocycles. The van der Waals surface area contributed by atoms with Gasteiger partial charge in [-0.2, -0.15) is 5.10 Å². The maximum atomic E-state index is 5.76. The number of furan rings is 1. The quantitative estimate of drug-likeness (QED) is 0.841. The lowest BCUT2D eigenvalue weighted by molar-refractivity contribution is 0.466. The topological polar surface area (TPSA) is 69.0 Å². The Labute approximate surface area is 117 Å². The number of hydrogen-bond donors (Lipinski definition) is 2. The van der Waals surface area contributed by atoms with E-state index in [1.165, 1.54) is 0 Å². The van der Waals surface area contributed by atoms with Crippen molar-refractivity contribution < 1.29 is 4.42 Å². The SMILES string of the molecule is Cc1ccc(C(C)Nc2c(C(N)=S)c(C)nn2C)o1. The van der Waals surface area contributed by atoms with Crippen LogP contribution in [0.15, 0.2) is 16.5 Å². The van der Waals surface area contributed by atoms with Gasteiger partial charge >= 0.3 is 0 Å². The molecule has 0 aliphatic rings. The summed E-state index contributed by atoms with van der Waals surface area (Å²) < 4.78 is 7.35. The molecule has 0 saturated carbocycles. The number of nitrogens with one attached hydrogen (secondary N) is 1. The van der Waals surface area contributed by atoms with Gasteiger partial charge in [0.05, 0.1) is 17.3 Å². The Kier molecular flexibility index (Phi) is 3.61. The predicted octanol–water partition coefficient (Wildman–Crippen LogP) is 2.44. The number of nitrogens with zero attached hydrogens (tertiary/aromatic N) is 2. The number of anilines is 1. The van der Waals surface area contributed by atoms with Crippen LogP contribution >= 0.6 is 12.2 Å². The fourth-order valence-corrected chi connectivity index (χ4v) is 2.33. The average molecular weight is 278 g/mol. The molecule has 2 rings (SSSR count). The van der Waals surface area contributed by atoms with Crippen molar-refractivity contribution in [1.29, 1.82) is 0 Å². The zero-order valence-electron chi connectivity index (χ0n) is 11.5. The molecule has 3 N–H and O–H groups in total. The molecule has 2 aromatic rings. The van der Waals surface area contributed by atoms with Crippen molar-refractivity contribution in [3.63, 3.8) is 0 Å². The highest BCUT2D eigenvalue weighted by molar-refractivity contribution is 7.80. The fourth-order valence-electron chi connectivity index (χ4n) is 2.08. The monoisotopic (exact) mass is 278 g/mol. The van der Waals surface area contributed by atoms with Crippen LogP contribution in [0.1, 0.15) is 35.7 Å². The molecule has 5 nitrogen and oxygen atoms in total. The highest BCUT2D eigenvalue weighted by atomic mass is 32.1. The minimum atomic E-state index is 0.0107. The van der Waals surface area contributed by atoms with Crippen molar-refractivity contribution >= 4 is 23.0 Å². The van der Waals surface area contributed by atoms with E-state index in [4.69, 9.17) is 22.4 Å². The molecule has 0 amide bonds. The van der Waals surface area contributed by atoms with E-state index in [1.54, 1.807) is 4.68 Å². The standard InChI is InChI=1S/C13H18N4OS/c1-7-5-6-10(18-7)8(2)15-13-11(12(14)19)9(3)16-17(13)4/h5-6,8,15H,1-4H3,(H2,14,19). The van der Waals surface area contributed by atoms with E-state index in [9.17, 15) is 0 Å². The summed E-state index contributed by atoms with van der Waals surface area (Å²) in [7, 11) is 1.86. The van der Waals surface area contributed by atoms with Gasteiger partial charge in [0.2, 0.25) is 0 Å². The van der Waals surface area contributed by atoms with Crippen LogP contribution in [-0.4, -0.2) is 14.8 Å². The number of rotatable bonds is 4. The van der Waals surface area contributed by atoms with Gasteiger partial charge in [-0.05, 0) is 32.9 Å². The number of thiocarbonyl (C=S) groups is 1. The molecular weight excluding hydrogens is 260 g/mol. The van der Waals surface area contributed by atoms with Crippen molar-refractivity contribution in [2.24, 2.45) is 12.8 Å². The molecule has 1 unspecified atom stereocenters. The molecule has 0 aliphatic heterocycles. The van der Waals surface area contributed by atoms with E-state index >= 15 is 0 Å². The second kappa shape index (κ2) is 5.05. The molecule has 19 heavy (non-hydrogen) atoms. The summed E-state index contributed by atoms with van der Waals surface area (Å²) in [4.78, 5) is 0.343. The second-order valence-corrected chi connectivity index (χ2v) is 5.05. The van der Waals surface area contributed by atoms with Gasteiger partial charge in [0.1, 0.15) is 22.3 Å². The highest BCUT2D eigenvalue weighted by Crippen LogP contribution is 2.25. The van der Waals surface area contributed by atoms with Crippen molar-refractivity contribution in [1.82, 2.24) is 9.78 Å². The summed E-state index contributed by atoms with van der Waals surface area (Å²) in [5.41, 5.74) is 7.37. The number of nitrogens with two attached hydrogens (primary N) is 1. The van der Waals surface area contributed by atoms with E-state index in [-0.39, 0.29) is 6.04 Å². The molecule has 0 saturated heterocycles. The van der Waals surface area contributed by atoms with Crippen LogP contribution < -0.4 is 11.1 Å². The van der Waals surface area contributed by atoms with E-state index < -0.39 is 0 Å². The third-order valence-corrected chi connectivity index (χ3v) is 3.21. The average Bonchev–Trinajstić information content (AvgIpc) is 2.84. The summed E-state index contributed by atoms with van der Waals surface area (Å²) in [5, 5.41) is 7.69. The van der Waals surface area contributed by atoms with E-state index in [0.29, 0.717) is 4.99 Å². The fraction of sp³-hybridized carbons (Fsp3) is 0.385. The molecule has 0 aromatic carbocycles. The second-order valence-electron chi connectivity index (χ2n) is 4.61. The molecule has 2 aromatic heterocycles. The maximum Gasteiger partial charge on any atom is 0.135 e. The maximum absolute atomic E-state index is 5.76. The number of aromatic nitrogens is 2. The molecule has 102 valence electrons. The van der Waals surface area contributed by atoms with Crippen LogP contribution in [0.5, 0.6) is 0 Å². The third kappa shape index (κ3) is 2.63. The van der Waals surface area contributed by atoms with Gasteiger partial charge in [0.15, 0.2) is 0 Å². The van der Waals surface area contributed by atoms with Crippen LogP contribution in [0, 0.1) is 13.8 Å². The Bertz CT molecular complexity index is 614. The lowest BCUT2D eigenvalue weighted by atomic mass is 10.2. The first-order valence-corrected chi connectivity index (χ1v) is 6.47. The predicted molar refractivity (Wildman–Crippen MR) is 79.3 cm³/mol. The summed E-state index contributed by atoms with van der Waals surface area (Å²) in [5.74, 6) is 2.57. The lowest BCUT2D eigenvalue weighted by Crippen LogP contribution is -2.16.